The van der Waals surface area contributed by atoms with Gasteiger partial charge in [0.25, 0.3) is 0 Å². The van der Waals surface area contributed by atoms with E-state index in [1.807, 2.05) is 0 Å². The number of carbonyl (C=O) groups is 1. The molecule has 5 N–H and O–H groups in total. The maximum Gasteiger partial charge on any atom is 0.249 e. The van der Waals surface area contributed by atoms with Crippen molar-refractivity contribution in [2.24, 2.45) is 0 Å². The van der Waals surface area contributed by atoms with Crippen LogP contribution in [-0.4, -0.2) is 57.3 Å². The summed E-state index contributed by atoms with van der Waals surface area (Å²) < 4.78 is 0. The summed E-state index contributed by atoms with van der Waals surface area (Å²) in [5.74, 6) is -0.618. The first-order valence-electron chi connectivity index (χ1n) is 17.2. The Morgan fingerprint density at radius 3 is 1.70 bits per heavy atom. The Kier molecular flexibility index (Phi) is 30.0. The van der Waals surface area contributed by atoms with E-state index in [0.717, 1.165) is 83.5 Å². The zero-order chi connectivity index (χ0) is 31.8. The minimum Gasteiger partial charge on any atom is -0.394 e. The zero-order valence-corrected chi connectivity index (χ0v) is 27.4. The lowest BCUT2D eigenvalue weighted by molar-refractivity contribution is -0.132. The zero-order valence-electron chi connectivity index (χ0n) is 27.4. The SMILES string of the molecule is CC/C=C/CC/C=C/CC/C=C/CCCC(O)C(O)C(CO)NC(=O)C(O)CCCCCCC/C=C\C=C/CCCCC. The summed E-state index contributed by atoms with van der Waals surface area (Å²) in [7, 11) is 0. The molecule has 0 spiro atoms. The topological polar surface area (TPSA) is 110 Å². The third kappa shape index (κ3) is 26.2. The number of allylic oxidation sites excluding steroid dienone is 10. The van der Waals surface area contributed by atoms with Crippen LogP contribution in [0, 0.1) is 0 Å². The fourth-order valence-corrected chi connectivity index (χ4v) is 4.67. The Bertz CT molecular complexity index is 773. The summed E-state index contributed by atoms with van der Waals surface area (Å²) >= 11 is 0. The Labute approximate surface area is 263 Å². The molecule has 0 aromatic carbocycles. The second-order valence-corrected chi connectivity index (χ2v) is 11.5. The summed E-state index contributed by atoms with van der Waals surface area (Å²) in [6.45, 7) is 3.84. The molecule has 43 heavy (non-hydrogen) atoms. The molecule has 4 unspecified atom stereocenters. The van der Waals surface area contributed by atoms with Crippen molar-refractivity contribution in [2.45, 2.75) is 160 Å². The summed E-state index contributed by atoms with van der Waals surface area (Å²) in [4.78, 5) is 12.4. The van der Waals surface area contributed by atoms with Crippen molar-refractivity contribution in [1.82, 2.24) is 5.32 Å². The Morgan fingerprint density at radius 2 is 1.12 bits per heavy atom. The maximum absolute atomic E-state index is 12.4. The third-order valence-corrected chi connectivity index (χ3v) is 7.45. The fraction of sp³-hybridized carbons (Fsp3) is 0.703. The van der Waals surface area contributed by atoms with Crippen molar-refractivity contribution in [2.75, 3.05) is 6.61 Å². The Morgan fingerprint density at radius 1 is 0.605 bits per heavy atom. The van der Waals surface area contributed by atoms with E-state index < -0.39 is 36.9 Å². The lowest BCUT2D eigenvalue weighted by Gasteiger charge is -2.27. The molecule has 0 aliphatic heterocycles. The first-order chi connectivity index (χ1) is 21.0. The van der Waals surface area contributed by atoms with E-state index in [-0.39, 0.29) is 0 Å². The highest BCUT2D eigenvalue weighted by Gasteiger charge is 2.28. The van der Waals surface area contributed by atoms with Gasteiger partial charge >= 0.3 is 0 Å². The van der Waals surface area contributed by atoms with Gasteiger partial charge in [0.15, 0.2) is 0 Å². The summed E-state index contributed by atoms with van der Waals surface area (Å²) in [6, 6.07) is -1.02. The van der Waals surface area contributed by atoms with Crippen LogP contribution in [0.15, 0.2) is 60.8 Å². The number of unbranched alkanes of at least 4 members (excludes halogenated alkanes) is 11. The van der Waals surface area contributed by atoms with E-state index in [0.29, 0.717) is 19.3 Å². The number of aliphatic hydroxyl groups excluding tert-OH is 4. The Hall–Kier alpha value is -1.99. The molecule has 0 radical (unpaired) electrons. The number of amides is 1. The number of hydrogen-bond donors (Lipinski definition) is 5. The van der Waals surface area contributed by atoms with Crippen LogP contribution in [0.2, 0.25) is 0 Å². The molecule has 6 nitrogen and oxygen atoms in total. The molecule has 0 aromatic heterocycles. The number of nitrogens with one attached hydrogen (secondary N) is 1. The number of hydrogen-bond acceptors (Lipinski definition) is 5. The highest BCUT2D eigenvalue weighted by atomic mass is 16.3. The van der Waals surface area contributed by atoms with E-state index in [1.54, 1.807) is 0 Å². The largest absolute Gasteiger partial charge is 0.394 e. The standard InChI is InChI=1S/C37H65NO5/c1-3-5-7-9-11-13-15-17-19-21-23-25-27-29-31-35(41)37(43)38-33(32-39)36(42)34(40)30-28-26-24-22-20-18-16-14-12-10-8-6-4-2/h6,8,11,13-17,22,24,33-36,39-42H,3-5,7,9-10,12,18-21,23,25-32H2,1-2H3,(H,38,43)/b8-6+,13-11-,16-14+,17-15-,24-22+. The second-order valence-electron chi connectivity index (χ2n) is 11.5. The molecule has 0 rings (SSSR count). The van der Waals surface area contributed by atoms with Gasteiger partial charge in [0.05, 0.1) is 18.8 Å². The number of carbonyl (C=O) groups excluding carboxylic acids is 1. The van der Waals surface area contributed by atoms with Gasteiger partial charge in [-0.1, -0.05) is 113 Å². The van der Waals surface area contributed by atoms with E-state index >= 15 is 0 Å². The van der Waals surface area contributed by atoms with Gasteiger partial charge in [-0.15, -0.1) is 0 Å². The van der Waals surface area contributed by atoms with Crippen LogP contribution in [0.25, 0.3) is 0 Å². The monoisotopic (exact) mass is 603 g/mol. The van der Waals surface area contributed by atoms with E-state index in [9.17, 15) is 25.2 Å². The van der Waals surface area contributed by atoms with Crippen LogP contribution in [-0.2, 0) is 4.79 Å². The molecule has 248 valence electrons. The molecule has 4 atom stereocenters. The van der Waals surface area contributed by atoms with Crippen LogP contribution in [0.5, 0.6) is 0 Å². The van der Waals surface area contributed by atoms with E-state index in [4.69, 9.17) is 0 Å². The minimum atomic E-state index is -1.30. The van der Waals surface area contributed by atoms with Gasteiger partial charge in [0.1, 0.15) is 12.2 Å². The highest BCUT2D eigenvalue weighted by Crippen LogP contribution is 2.12. The van der Waals surface area contributed by atoms with Gasteiger partial charge in [-0.05, 0) is 83.5 Å². The molecule has 0 aliphatic rings. The number of aliphatic hydroxyl groups is 4. The fourth-order valence-electron chi connectivity index (χ4n) is 4.67. The molecular weight excluding hydrogens is 538 g/mol. The predicted octanol–water partition coefficient (Wildman–Crippen LogP) is 7.78. The molecule has 6 heteroatoms. The minimum absolute atomic E-state index is 0.337. The van der Waals surface area contributed by atoms with Gasteiger partial charge < -0.3 is 25.7 Å². The van der Waals surface area contributed by atoms with Gasteiger partial charge in [-0.25, -0.2) is 0 Å². The van der Waals surface area contributed by atoms with Crippen LogP contribution >= 0.6 is 0 Å². The van der Waals surface area contributed by atoms with E-state index in [1.165, 1.54) is 19.3 Å². The van der Waals surface area contributed by atoms with Gasteiger partial charge in [-0.3, -0.25) is 4.79 Å². The average Bonchev–Trinajstić information content (AvgIpc) is 3.01. The average molecular weight is 604 g/mol. The van der Waals surface area contributed by atoms with Crippen LogP contribution < -0.4 is 5.32 Å². The molecule has 0 aromatic rings. The molecule has 0 heterocycles. The second kappa shape index (κ2) is 31.4. The van der Waals surface area contributed by atoms with Crippen molar-refractivity contribution in [3.8, 4) is 0 Å². The maximum atomic E-state index is 12.4. The smallest absolute Gasteiger partial charge is 0.249 e. The third-order valence-electron chi connectivity index (χ3n) is 7.45. The van der Waals surface area contributed by atoms with Crippen LogP contribution in [0.3, 0.4) is 0 Å². The highest BCUT2D eigenvalue weighted by molar-refractivity contribution is 5.80. The Balaban J connectivity index is 3.99. The lowest BCUT2D eigenvalue weighted by atomic mass is 10.00. The van der Waals surface area contributed by atoms with Crippen molar-refractivity contribution in [1.29, 1.82) is 0 Å². The van der Waals surface area contributed by atoms with Crippen molar-refractivity contribution < 1.29 is 25.2 Å². The molecule has 1 amide bonds. The molecule has 0 fully saturated rings. The predicted molar refractivity (Wildman–Crippen MR) is 182 cm³/mol. The van der Waals surface area contributed by atoms with Crippen molar-refractivity contribution >= 4 is 5.91 Å². The van der Waals surface area contributed by atoms with Gasteiger partial charge in [0.2, 0.25) is 5.91 Å². The lowest BCUT2D eigenvalue weighted by Crippen LogP contribution is -2.53. The van der Waals surface area contributed by atoms with Gasteiger partial charge in [-0.2, -0.15) is 0 Å². The van der Waals surface area contributed by atoms with Gasteiger partial charge in [0, 0.05) is 0 Å². The summed E-state index contributed by atoms with van der Waals surface area (Å²) in [6.07, 6.45) is 36.6. The van der Waals surface area contributed by atoms with Crippen molar-refractivity contribution in [3.05, 3.63) is 60.8 Å². The normalized spacial score (nSPS) is 15.4. The van der Waals surface area contributed by atoms with Crippen LogP contribution in [0.1, 0.15) is 136 Å². The molecule has 0 aliphatic carbocycles. The quantitative estimate of drug-likeness (QED) is 0.0341. The molecule has 0 saturated heterocycles. The van der Waals surface area contributed by atoms with Crippen LogP contribution in [0.4, 0.5) is 0 Å². The molecule has 0 bridgehead atoms. The van der Waals surface area contributed by atoms with Crippen molar-refractivity contribution in [3.63, 3.8) is 0 Å². The first-order valence-corrected chi connectivity index (χ1v) is 17.2. The molecule has 0 saturated carbocycles. The summed E-state index contributed by atoms with van der Waals surface area (Å²) in [5, 5.41) is 43.3. The number of rotatable bonds is 29. The summed E-state index contributed by atoms with van der Waals surface area (Å²) in [5.41, 5.74) is 0. The van der Waals surface area contributed by atoms with E-state index in [2.05, 4.69) is 79.9 Å². The first kappa shape index (κ1) is 41.0. The molecular formula is C37H65NO5.